The fourth-order valence-electron chi connectivity index (χ4n) is 8.97. The Balaban J connectivity index is 2.12. The van der Waals surface area contributed by atoms with Gasteiger partial charge in [-0.25, -0.2) is 0 Å². The van der Waals surface area contributed by atoms with Gasteiger partial charge in [0, 0.05) is 0 Å². The normalized spacial score (nSPS) is 21.1. The van der Waals surface area contributed by atoms with E-state index in [1.54, 1.807) is 0 Å². The first kappa shape index (κ1) is 60.1. The summed E-state index contributed by atoms with van der Waals surface area (Å²) in [5.74, 6) is -0.696. The highest BCUT2D eigenvalue weighted by atomic mass is 16.7. The molecule has 1 aliphatic rings. The largest absolute Gasteiger partial charge is 0.394 e. The molecule has 0 bridgehead atoms. The topological polar surface area (TPSA) is 189 Å². The lowest BCUT2D eigenvalue weighted by molar-refractivity contribution is -0.303. The predicted octanol–water partition coefficient (Wildman–Crippen LogP) is 10.2. The molecule has 0 aromatic carbocycles. The summed E-state index contributed by atoms with van der Waals surface area (Å²) in [5.41, 5.74) is 0. The summed E-state index contributed by atoms with van der Waals surface area (Å²) < 4.78 is 11.0. The summed E-state index contributed by atoms with van der Waals surface area (Å²) in [7, 11) is 0. The Kier molecular flexibility index (Phi) is 40.5. The Hall–Kier alpha value is -0.890. The van der Waals surface area contributed by atoms with Gasteiger partial charge in [0.05, 0.1) is 25.4 Å². The van der Waals surface area contributed by atoms with Crippen molar-refractivity contribution in [3.8, 4) is 0 Å². The van der Waals surface area contributed by atoms with Gasteiger partial charge in [0.1, 0.15) is 36.6 Å². The number of ether oxygens (including phenoxy) is 2. The number of hydrogen-bond donors (Lipinski definition) is 8. The van der Waals surface area contributed by atoms with Crippen LogP contribution in [-0.4, -0.2) is 110 Å². The lowest BCUT2D eigenvalue weighted by Crippen LogP contribution is -2.60. The number of aliphatic hydroxyl groups excluding tert-OH is 7. The third-order valence-corrected chi connectivity index (χ3v) is 13.4. The highest BCUT2D eigenvalue weighted by molar-refractivity contribution is 5.80. The van der Waals surface area contributed by atoms with Gasteiger partial charge in [-0.3, -0.25) is 4.79 Å². The summed E-state index contributed by atoms with van der Waals surface area (Å²) in [6, 6.07) is -1.16. The highest BCUT2D eigenvalue weighted by Crippen LogP contribution is 2.23. The molecule has 9 atom stereocenters. The van der Waals surface area contributed by atoms with Crippen molar-refractivity contribution in [2.45, 2.75) is 313 Å². The molecule has 1 amide bonds. The van der Waals surface area contributed by atoms with E-state index >= 15 is 0 Å². The molecule has 1 saturated heterocycles. The first-order chi connectivity index (χ1) is 30.7. The number of nitrogens with one attached hydrogen (secondary N) is 1. The van der Waals surface area contributed by atoms with E-state index in [1.165, 1.54) is 167 Å². The molecular weight excluding hydrogens is 799 g/mol. The van der Waals surface area contributed by atoms with Crippen LogP contribution < -0.4 is 5.32 Å². The number of hydrogen-bond acceptors (Lipinski definition) is 10. The van der Waals surface area contributed by atoms with Crippen molar-refractivity contribution < 1.29 is 50.0 Å². The number of carbonyl (C=O) groups is 1. The molecule has 1 fully saturated rings. The first-order valence-corrected chi connectivity index (χ1v) is 26.9. The van der Waals surface area contributed by atoms with E-state index in [0.29, 0.717) is 19.3 Å². The molecule has 0 aromatic rings. The second-order valence-corrected chi connectivity index (χ2v) is 19.3. The molecule has 63 heavy (non-hydrogen) atoms. The molecule has 11 heteroatoms. The monoisotopic (exact) mass is 902 g/mol. The molecule has 1 rings (SSSR count). The van der Waals surface area contributed by atoms with E-state index < -0.39 is 74.2 Å². The van der Waals surface area contributed by atoms with Gasteiger partial charge in [-0.2, -0.15) is 0 Å². The lowest BCUT2D eigenvalue weighted by Gasteiger charge is -2.40. The van der Waals surface area contributed by atoms with Crippen molar-refractivity contribution in [1.29, 1.82) is 0 Å². The average molecular weight is 902 g/mol. The first-order valence-electron chi connectivity index (χ1n) is 26.9. The maximum atomic E-state index is 13.0. The molecule has 9 unspecified atom stereocenters. The quantitative estimate of drug-likeness (QED) is 0.0273. The van der Waals surface area contributed by atoms with Crippen LogP contribution in [-0.2, 0) is 14.3 Å². The molecule has 8 N–H and O–H groups in total. The molecule has 376 valence electrons. The minimum Gasteiger partial charge on any atom is -0.394 e. The van der Waals surface area contributed by atoms with Crippen LogP contribution in [0.4, 0.5) is 0 Å². The average Bonchev–Trinajstić information content (AvgIpc) is 3.28. The van der Waals surface area contributed by atoms with Gasteiger partial charge in [0.25, 0.3) is 0 Å². The second-order valence-electron chi connectivity index (χ2n) is 19.3. The maximum absolute atomic E-state index is 13.0. The zero-order valence-electron chi connectivity index (χ0n) is 40.8. The zero-order valence-corrected chi connectivity index (χ0v) is 40.8. The number of amides is 1. The van der Waals surface area contributed by atoms with Gasteiger partial charge < -0.3 is 50.5 Å². The molecule has 0 saturated carbocycles. The summed E-state index contributed by atoms with van der Waals surface area (Å²) in [4.78, 5) is 13.0. The summed E-state index contributed by atoms with van der Waals surface area (Å²) in [5, 5.41) is 75.3. The van der Waals surface area contributed by atoms with Crippen LogP contribution >= 0.6 is 0 Å². The Morgan fingerprint density at radius 1 is 0.492 bits per heavy atom. The van der Waals surface area contributed by atoms with Crippen molar-refractivity contribution >= 4 is 5.91 Å². The van der Waals surface area contributed by atoms with Gasteiger partial charge >= 0.3 is 0 Å². The Bertz CT molecular complexity index is 991. The van der Waals surface area contributed by atoms with Crippen LogP contribution in [0.5, 0.6) is 0 Å². The molecule has 0 spiro atoms. The SMILES string of the molecule is CCCCCCCCCCCCCCCCCCCCCCCCCCCCCCCCC(O)C(=O)NC(COC1OC(CO)C(O)C(O)C1O)C(O)C(O)CCCCCCCC. The molecule has 11 nitrogen and oxygen atoms in total. The molecule has 0 radical (unpaired) electrons. The highest BCUT2D eigenvalue weighted by Gasteiger charge is 2.44. The minimum atomic E-state index is -1.65. The van der Waals surface area contributed by atoms with E-state index in [9.17, 15) is 40.5 Å². The smallest absolute Gasteiger partial charge is 0.249 e. The summed E-state index contributed by atoms with van der Waals surface area (Å²) in [6.07, 6.45) is 35.2. The number of aliphatic hydroxyl groups is 7. The lowest BCUT2D eigenvalue weighted by atomic mass is 9.98. The zero-order chi connectivity index (χ0) is 46.2. The van der Waals surface area contributed by atoms with E-state index in [0.717, 1.165) is 51.4 Å². The van der Waals surface area contributed by atoms with Gasteiger partial charge in [0.15, 0.2) is 6.29 Å². The summed E-state index contributed by atoms with van der Waals surface area (Å²) >= 11 is 0. The maximum Gasteiger partial charge on any atom is 0.249 e. The minimum absolute atomic E-state index is 0.266. The van der Waals surface area contributed by atoms with E-state index in [4.69, 9.17) is 9.47 Å². The van der Waals surface area contributed by atoms with Crippen LogP contribution in [0.3, 0.4) is 0 Å². The second kappa shape index (κ2) is 42.5. The van der Waals surface area contributed by atoms with E-state index in [-0.39, 0.29) is 6.42 Å². The number of unbranched alkanes of at least 4 members (excludes halogenated alkanes) is 34. The van der Waals surface area contributed by atoms with Gasteiger partial charge in [-0.05, 0) is 12.8 Å². The standard InChI is InChI=1S/C52H103NO10/c1-3-5-7-9-11-12-13-14-15-16-17-18-19-20-21-22-23-24-25-26-27-28-29-30-31-32-33-34-36-38-40-45(56)51(61)53-43(47(57)44(55)39-37-35-10-8-6-4-2)42-62-52-50(60)49(59)48(58)46(41-54)63-52/h43-50,52,54-60H,3-42H2,1-2H3,(H,53,61). The number of carbonyl (C=O) groups excluding carboxylic acids is 1. The molecular formula is C52H103NO10. The number of rotatable bonds is 46. The van der Waals surface area contributed by atoms with Gasteiger partial charge in [0.2, 0.25) is 5.91 Å². The van der Waals surface area contributed by atoms with Crippen molar-refractivity contribution in [2.75, 3.05) is 13.2 Å². The van der Waals surface area contributed by atoms with Gasteiger partial charge in [-0.1, -0.05) is 245 Å². The Morgan fingerprint density at radius 2 is 0.825 bits per heavy atom. The molecule has 0 aromatic heterocycles. The Morgan fingerprint density at radius 3 is 1.17 bits per heavy atom. The Labute approximate surface area is 386 Å². The van der Waals surface area contributed by atoms with Crippen LogP contribution in [0.2, 0.25) is 0 Å². The van der Waals surface area contributed by atoms with Crippen LogP contribution in [0, 0.1) is 0 Å². The van der Waals surface area contributed by atoms with Crippen molar-refractivity contribution in [2.24, 2.45) is 0 Å². The predicted molar refractivity (Wildman–Crippen MR) is 256 cm³/mol. The van der Waals surface area contributed by atoms with Crippen molar-refractivity contribution in [3.05, 3.63) is 0 Å². The molecule has 1 heterocycles. The van der Waals surface area contributed by atoms with Crippen LogP contribution in [0.25, 0.3) is 0 Å². The third kappa shape index (κ3) is 31.7. The fourth-order valence-corrected chi connectivity index (χ4v) is 8.97. The van der Waals surface area contributed by atoms with E-state index in [1.807, 2.05) is 0 Å². The fraction of sp³-hybridized carbons (Fsp3) is 0.981. The van der Waals surface area contributed by atoms with E-state index in [2.05, 4.69) is 19.2 Å². The third-order valence-electron chi connectivity index (χ3n) is 13.4. The molecule has 1 aliphatic heterocycles. The van der Waals surface area contributed by atoms with Crippen LogP contribution in [0.15, 0.2) is 0 Å². The van der Waals surface area contributed by atoms with Gasteiger partial charge in [-0.15, -0.1) is 0 Å². The van der Waals surface area contributed by atoms with Crippen molar-refractivity contribution in [3.63, 3.8) is 0 Å². The van der Waals surface area contributed by atoms with Crippen molar-refractivity contribution in [1.82, 2.24) is 5.32 Å². The van der Waals surface area contributed by atoms with Crippen LogP contribution in [0.1, 0.15) is 258 Å². The molecule has 0 aliphatic carbocycles. The summed E-state index contributed by atoms with van der Waals surface area (Å²) in [6.45, 7) is 3.38.